The van der Waals surface area contributed by atoms with E-state index in [9.17, 15) is 14.4 Å². The van der Waals surface area contributed by atoms with Crippen LogP contribution in [0.1, 0.15) is 34.0 Å². The Morgan fingerprint density at radius 2 is 1.57 bits per heavy atom. The van der Waals surface area contributed by atoms with Crippen molar-refractivity contribution in [1.29, 1.82) is 0 Å². The molecule has 0 fully saturated rings. The Hall–Kier alpha value is -4.57. The molecule has 0 atom stereocenters. The Labute approximate surface area is 205 Å². The molecule has 35 heavy (non-hydrogen) atoms. The SMILES string of the molecule is CCc1ccccc1NC(=O)CN(C)C(=O)Nc1cccc(C#Cc2cccc(C(=O)OC)c2)c1. The van der Waals surface area contributed by atoms with Crippen molar-refractivity contribution in [2.75, 3.05) is 31.3 Å². The van der Waals surface area contributed by atoms with Crippen molar-refractivity contribution in [2.45, 2.75) is 13.3 Å². The highest BCUT2D eigenvalue weighted by atomic mass is 16.5. The summed E-state index contributed by atoms with van der Waals surface area (Å²) in [7, 11) is 2.88. The molecule has 0 spiro atoms. The first-order chi connectivity index (χ1) is 16.9. The van der Waals surface area contributed by atoms with Gasteiger partial charge in [-0.15, -0.1) is 0 Å². The van der Waals surface area contributed by atoms with Crippen LogP contribution in [0.25, 0.3) is 0 Å². The fourth-order valence-electron chi connectivity index (χ4n) is 3.31. The highest BCUT2D eigenvalue weighted by molar-refractivity contribution is 5.97. The third-order valence-electron chi connectivity index (χ3n) is 5.15. The number of nitrogens with one attached hydrogen (secondary N) is 2. The predicted octanol–water partition coefficient (Wildman–Crippen LogP) is 4.54. The maximum atomic E-state index is 12.6. The van der Waals surface area contributed by atoms with Crippen LogP contribution in [0.4, 0.5) is 16.2 Å². The van der Waals surface area contributed by atoms with E-state index in [0.29, 0.717) is 22.4 Å². The number of likely N-dealkylation sites (N-methyl/N-ethyl adjacent to an activating group) is 1. The van der Waals surface area contributed by atoms with Crippen molar-refractivity contribution in [1.82, 2.24) is 4.90 Å². The minimum atomic E-state index is -0.425. The molecule has 2 N–H and O–H groups in total. The molecular formula is C28H27N3O4. The van der Waals surface area contributed by atoms with Gasteiger partial charge in [0, 0.05) is 29.5 Å². The fraction of sp³-hybridized carbons (Fsp3) is 0.179. The van der Waals surface area contributed by atoms with Gasteiger partial charge in [0.2, 0.25) is 5.91 Å². The molecular weight excluding hydrogens is 442 g/mol. The normalized spacial score (nSPS) is 9.91. The highest BCUT2D eigenvalue weighted by Crippen LogP contribution is 2.15. The number of benzene rings is 3. The second-order valence-electron chi connectivity index (χ2n) is 7.75. The first kappa shape index (κ1) is 25.1. The van der Waals surface area contributed by atoms with E-state index in [1.165, 1.54) is 12.0 Å². The zero-order valence-corrected chi connectivity index (χ0v) is 19.9. The minimum absolute atomic E-state index is 0.0973. The first-order valence-corrected chi connectivity index (χ1v) is 11.1. The average Bonchev–Trinajstić information content (AvgIpc) is 2.87. The molecule has 0 aromatic heterocycles. The topological polar surface area (TPSA) is 87.7 Å². The Balaban J connectivity index is 1.61. The van der Waals surface area contributed by atoms with Crippen LogP contribution in [-0.2, 0) is 16.0 Å². The van der Waals surface area contributed by atoms with Gasteiger partial charge in [0.05, 0.1) is 12.7 Å². The van der Waals surface area contributed by atoms with Gasteiger partial charge in [-0.1, -0.05) is 49.1 Å². The summed E-state index contributed by atoms with van der Waals surface area (Å²) in [5.74, 6) is 5.33. The molecule has 0 bridgehead atoms. The fourth-order valence-corrected chi connectivity index (χ4v) is 3.31. The second kappa shape index (κ2) is 12.1. The van der Waals surface area contributed by atoms with Gasteiger partial charge < -0.3 is 20.3 Å². The largest absolute Gasteiger partial charge is 0.465 e. The molecule has 0 aliphatic heterocycles. The number of para-hydroxylation sites is 1. The van der Waals surface area contributed by atoms with E-state index in [1.54, 1.807) is 49.5 Å². The van der Waals surface area contributed by atoms with Gasteiger partial charge in [0.1, 0.15) is 6.54 Å². The van der Waals surface area contributed by atoms with E-state index in [-0.39, 0.29) is 12.5 Å². The van der Waals surface area contributed by atoms with E-state index in [4.69, 9.17) is 4.74 Å². The molecule has 3 rings (SSSR count). The molecule has 0 saturated heterocycles. The molecule has 0 unspecified atom stereocenters. The van der Waals surface area contributed by atoms with Crippen LogP contribution >= 0.6 is 0 Å². The zero-order chi connectivity index (χ0) is 25.2. The number of ether oxygens (including phenoxy) is 1. The number of aryl methyl sites for hydroxylation is 1. The van der Waals surface area contributed by atoms with Gasteiger partial charge in [0.25, 0.3) is 0 Å². The number of carbonyl (C=O) groups is 3. The van der Waals surface area contributed by atoms with E-state index in [1.807, 2.05) is 37.3 Å². The number of hydrogen-bond donors (Lipinski definition) is 2. The lowest BCUT2D eigenvalue weighted by molar-refractivity contribution is -0.116. The summed E-state index contributed by atoms with van der Waals surface area (Å²) in [5.41, 5.74) is 4.10. The van der Waals surface area contributed by atoms with E-state index >= 15 is 0 Å². The summed E-state index contributed by atoms with van der Waals surface area (Å²) in [6.45, 7) is 1.92. The molecule has 0 aliphatic carbocycles. The summed E-state index contributed by atoms with van der Waals surface area (Å²) in [4.78, 5) is 38.0. The molecule has 0 radical (unpaired) electrons. The van der Waals surface area contributed by atoms with E-state index < -0.39 is 12.0 Å². The molecule has 3 amide bonds. The minimum Gasteiger partial charge on any atom is -0.465 e. The Morgan fingerprint density at radius 3 is 2.29 bits per heavy atom. The van der Waals surface area contributed by atoms with Gasteiger partial charge in [-0.05, 0) is 54.4 Å². The number of esters is 1. The van der Waals surface area contributed by atoms with Crippen molar-refractivity contribution >= 4 is 29.3 Å². The van der Waals surface area contributed by atoms with E-state index in [2.05, 4.69) is 22.5 Å². The molecule has 0 heterocycles. The van der Waals surface area contributed by atoms with Crippen molar-refractivity contribution in [3.8, 4) is 11.8 Å². The number of nitrogens with zero attached hydrogens (tertiary/aromatic N) is 1. The van der Waals surface area contributed by atoms with Gasteiger partial charge in [0.15, 0.2) is 0 Å². The monoisotopic (exact) mass is 469 g/mol. The standard InChI is InChI=1S/C28H27N3O4/c1-4-22-11-5-6-14-25(22)30-26(32)19-31(2)28(34)29-24-13-8-10-21(18-24)16-15-20-9-7-12-23(17-20)27(33)35-3/h5-14,17-18H,4,19H2,1-3H3,(H,29,34)(H,30,32). The number of anilines is 2. The van der Waals surface area contributed by atoms with Crippen LogP contribution in [0.3, 0.4) is 0 Å². The van der Waals surface area contributed by atoms with Crippen LogP contribution in [-0.4, -0.2) is 43.5 Å². The molecule has 7 heteroatoms. The quantitative estimate of drug-likeness (QED) is 0.410. The van der Waals surface area contributed by atoms with Gasteiger partial charge >= 0.3 is 12.0 Å². The van der Waals surface area contributed by atoms with Crippen molar-refractivity contribution in [3.05, 3.63) is 95.1 Å². The molecule has 178 valence electrons. The van der Waals surface area contributed by atoms with Crippen molar-refractivity contribution in [2.24, 2.45) is 0 Å². The molecule has 3 aromatic rings. The summed E-state index contributed by atoms with van der Waals surface area (Å²) in [6, 6.07) is 21.1. The lowest BCUT2D eigenvalue weighted by atomic mass is 10.1. The Morgan fingerprint density at radius 1 is 0.886 bits per heavy atom. The third-order valence-corrected chi connectivity index (χ3v) is 5.15. The van der Waals surface area contributed by atoms with E-state index in [0.717, 1.165) is 17.7 Å². The van der Waals surface area contributed by atoms with Crippen LogP contribution in [0, 0.1) is 11.8 Å². The Bertz CT molecular complexity index is 1290. The number of carbonyl (C=O) groups excluding carboxylic acids is 3. The number of hydrogen-bond acceptors (Lipinski definition) is 4. The predicted molar refractivity (Wildman–Crippen MR) is 136 cm³/mol. The highest BCUT2D eigenvalue weighted by Gasteiger charge is 2.14. The van der Waals surface area contributed by atoms with Crippen LogP contribution in [0.5, 0.6) is 0 Å². The lowest BCUT2D eigenvalue weighted by Crippen LogP contribution is -2.37. The van der Waals surface area contributed by atoms with Gasteiger partial charge in [-0.2, -0.15) is 0 Å². The summed E-state index contributed by atoms with van der Waals surface area (Å²) in [6.07, 6.45) is 0.794. The number of methoxy groups -OCH3 is 1. The van der Waals surface area contributed by atoms with Crippen LogP contribution < -0.4 is 10.6 Å². The van der Waals surface area contributed by atoms with Gasteiger partial charge in [-0.3, -0.25) is 4.79 Å². The van der Waals surface area contributed by atoms with Crippen LogP contribution in [0.15, 0.2) is 72.8 Å². The number of rotatable bonds is 6. The zero-order valence-electron chi connectivity index (χ0n) is 19.9. The summed E-state index contributed by atoms with van der Waals surface area (Å²) >= 11 is 0. The molecule has 7 nitrogen and oxygen atoms in total. The first-order valence-electron chi connectivity index (χ1n) is 11.1. The maximum Gasteiger partial charge on any atom is 0.337 e. The summed E-state index contributed by atoms with van der Waals surface area (Å²) in [5, 5.41) is 5.64. The van der Waals surface area contributed by atoms with Crippen LogP contribution in [0.2, 0.25) is 0 Å². The smallest absolute Gasteiger partial charge is 0.337 e. The number of amides is 3. The van der Waals surface area contributed by atoms with Crippen molar-refractivity contribution in [3.63, 3.8) is 0 Å². The molecule has 3 aromatic carbocycles. The maximum absolute atomic E-state index is 12.6. The molecule has 0 aliphatic rings. The van der Waals surface area contributed by atoms with Crippen molar-refractivity contribution < 1.29 is 19.1 Å². The Kier molecular flexibility index (Phi) is 8.63. The molecule has 0 saturated carbocycles. The second-order valence-corrected chi connectivity index (χ2v) is 7.75. The number of urea groups is 1. The third kappa shape index (κ3) is 7.21. The van der Waals surface area contributed by atoms with Gasteiger partial charge in [-0.25, -0.2) is 9.59 Å². The average molecular weight is 470 g/mol. The lowest BCUT2D eigenvalue weighted by Gasteiger charge is -2.18. The summed E-state index contributed by atoms with van der Waals surface area (Å²) < 4.78 is 4.73.